The maximum atomic E-state index is 11.4. The van der Waals surface area contributed by atoms with Crippen LogP contribution in [0.25, 0.3) is 0 Å². The summed E-state index contributed by atoms with van der Waals surface area (Å²) < 4.78 is 0. The molecular formula is C11H24N2OS. The minimum atomic E-state index is -0.135. The molecule has 0 aliphatic heterocycles. The van der Waals surface area contributed by atoms with E-state index < -0.39 is 0 Å². The van der Waals surface area contributed by atoms with E-state index in [2.05, 4.69) is 23.8 Å². The number of thioether (sulfide) groups is 1. The van der Waals surface area contributed by atoms with Crippen molar-refractivity contribution in [2.75, 3.05) is 25.1 Å². The van der Waals surface area contributed by atoms with E-state index >= 15 is 0 Å². The average molecular weight is 232 g/mol. The number of carbonyl (C=O) groups is 1. The van der Waals surface area contributed by atoms with E-state index in [1.54, 1.807) is 0 Å². The number of carbonyl (C=O) groups excluding carboxylic acids is 1. The molecule has 0 aromatic rings. The molecule has 0 spiro atoms. The molecule has 0 fully saturated rings. The summed E-state index contributed by atoms with van der Waals surface area (Å²) in [6.07, 6.45) is 2.10. The van der Waals surface area contributed by atoms with Crippen molar-refractivity contribution in [3.05, 3.63) is 0 Å². The lowest BCUT2D eigenvalue weighted by Gasteiger charge is -2.21. The lowest BCUT2D eigenvalue weighted by molar-refractivity contribution is -0.121. The van der Waals surface area contributed by atoms with Gasteiger partial charge in [-0.1, -0.05) is 6.92 Å². The predicted octanol–water partition coefficient (Wildman–Crippen LogP) is 1.49. The molecule has 0 rings (SSSR count). The molecule has 0 aromatic carbocycles. The first kappa shape index (κ1) is 14.8. The lowest BCUT2D eigenvalue weighted by atomic mass is 10.1. The van der Waals surface area contributed by atoms with Crippen LogP contribution in [0.5, 0.6) is 0 Å². The number of amides is 1. The minimum Gasteiger partial charge on any atom is -0.350 e. The van der Waals surface area contributed by atoms with Gasteiger partial charge in [-0.2, -0.15) is 11.8 Å². The molecule has 0 aromatic heterocycles. The van der Waals surface area contributed by atoms with Gasteiger partial charge in [0.15, 0.2) is 0 Å². The Morgan fingerprint density at radius 2 is 2.00 bits per heavy atom. The van der Waals surface area contributed by atoms with Gasteiger partial charge in [-0.3, -0.25) is 4.79 Å². The molecule has 0 radical (unpaired) electrons. The molecule has 2 N–H and O–H groups in total. The van der Waals surface area contributed by atoms with Crippen LogP contribution in [0.4, 0.5) is 0 Å². The van der Waals surface area contributed by atoms with Gasteiger partial charge in [-0.05, 0) is 45.2 Å². The highest BCUT2D eigenvalue weighted by Crippen LogP contribution is 2.02. The van der Waals surface area contributed by atoms with Crippen LogP contribution in [0.15, 0.2) is 0 Å². The van der Waals surface area contributed by atoms with E-state index in [4.69, 9.17) is 0 Å². The number of hydrogen-bond donors (Lipinski definition) is 2. The van der Waals surface area contributed by atoms with Gasteiger partial charge in [0.25, 0.3) is 0 Å². The number of rotatable bonds is 6. The quantitative estimate of drug-likeness (QED) is 0.729. The summed E-state index contributed by atoms with van der Waals surface area (Å²) in [5, 5.41) is 6.09. The Labute approximate surface area is 97.8 Å². The molecule has 0 aliphatic rings. The van der Waals surface area contributed by atoms with Gasteiger partial charge in [0.2, 0.25) is 5.91 Å². The van der Waals surface area contributed by atoms with Crippen LogP contribution in [-0.4, -0.2) is 36.5 Å². The average Bonchev–Trinajstić information content (AvgIpc) is 2.00. The lowest BCUT2D eigenvalue weighted by Crippen LogP contribution is -2.45. The van der Waals surface area contributed by atoms with Crippen LogP contribution < -0.4 is 10.6 Å². The number of hydrogen-bond acceptors (Lipinski definition) is 3. The Balaban J connectivity index is 3.55. The first-order valence-corrected chi connectivity index (χ1v) is 6.75. The fourth-order valence-electron chi connectivity index (χ4n) is 1.24. The van der Waals surface area contributed by atoms with Crippen LogP contribution in [0.3, 0.4) is 0 Å². The van der Waals surface area contributed by atoms with Crippen LogP contribution >= 0.6 is 11.8 Å². The Hall–Kier alpha value is -0.220. The second-order valence-electron chi connectivity index (χ2n) is 4.99. The summed E-state index contributed by atoms with van der Waals surface area (Å²) >= 11 is 1.84. The first-order chi connectivity index (χ1) is 6.85. The second-order valence-corrected chi connectivity index (χ2v) is 5.90. The van der Waals surface area contributed by atoms with E-state index in [0.717, 1.165) is 12.3 Å². The summed E-state index contributed by atoms with van der Waals surface area (Å²) in [6.45, 7) is 9.46. The molecule has 0 heterocycles. The summed E-state index contributed by atoms with van der Waals surface area (Å²) in [7, 11) is 0. The standard InChI is InChI=1S/C11H24N2OS/c1-9(8-15-5)6-12-7-10(14)13-11(2,3)4/h9,12H,6-8H2,1-5H3,(H,13,14). The maximum absolute atomic E-state index is 11.4. The van der Waals surface area contributed by atoms with Gasteiger partial charge in [0.1, 0.15) is 0 Å². The smallest absolute Gasteiger partial charge is 0.234 e. The highest BCUT2D eigenvalue weighted by Gasteiger charge is 2.13. The molecule has 0 bridgehead atoms. The zero-order chi connectivity index (χ0) is 11.9. The van der Waals surface area contributed by atoms with Crippen molar-refractivity contribution >= 4 is 17.7 Å². The van der Waals surface area contributed by atoms with Crippen molar-refractivity contribution in [1.29, 1.82) is 0 Å². The highest BCUT2D eigenvalue weighted by molar-refractivity contribution is 7.98. The Kier molecular flexibility index (Phi) is 7.02. The Morgan fingerprint density at radius 3 is 2.47 bits per heavy atom. The third-order valence-electron chi connectivity index (χ3n) is 1.74. The topological polar surface area (TPSA) is 41.1 Å². The van der Waals surface area contributed by atoms with Crippen molar-refractivity contribution in [3.8, 4) is 0 Å². The fraction of sp³-hybridized carbons (Fsp3) is 0.909. The largest absolute Gasteiger partial charge is 0.350 e. The van der Waals surface area contributed by atoms with Crippen molar-refractivity contribution in [1.82, 2.24) is 10.6 Å². The Bertz CT molecular complexity index is 190. The van der Waals surface area contributed by atoms with E-state index in [0.29, 0.717) is 12.5 Å². The molecular weight excluding hydrogens is 208 g/mol. The minimum absolute atomic E-state index is 0.0684. The third-order valence-corrected chi connectivity index (χ3v) is 2.65. The first-order valence-electron chi connectivity index (χ1n) is 5.36. The van der Waals surface area contributed by atoms with Gasteiger partial charge in [0.05, 0.1) is 6.54 Å². The van der Waals surface area contributed by atoms with Crippen LogP contribution in [0, 0.1) is 5.92 Å². The molecule has 3 nitrogen and oxygen atoms in total. The third kappa shape index (κ3) is 10.1. The molecule has 4 heteroatoms. The van der Waals surface area contributed by atoms with Gasteiger partial charge in [-0.25, -0.2) is 0 Å². The maximum Gasteiger partial charge on any atom is 0.234 e. The number of nitrogens with one attached hydrogen (secondary N) is 2. The fourth-order valence-corrected chi connectivity index (χ4v) is 1.92. The zero-order valence-electron chi connectivity index (χ0n) is 10.5. The molecule has 15 heavy (non-hydrogen) atoms. The monoisotopic (exact) mass is 232 g/mol. The van der Waals surface area contributed by atoms with Gasteiger partial charge in [0, 0.05) is 5.54 Å². The second kappa shape index (κ2) is 7.12. The highest BCUT2D eigenvalue weighted by atomic mass is 32.2. The molecule has 1 amide bonds. The van der Waals surface area contributed by atoms with Crippen LogP contribution in [0.1, 0.15) is 27.7 Å². The summed E-state index contributed by atoms with van der Waals surface area (Å²) in [5.41, 5.74) is -0.135. The summed E-state index contributed by atoms with van der Waals surface area (Å²) in [5.74, 6) is 1.81. The van der Waals surface area contributed by atoms with Crippen molar-refractivity contribution in [3.63, 3.8) is 0 Å². The normalized spacial score (nSPS) is 13.7. The molecule has 0 saturated carbocycles. The Morgan fingerprint density at radius 1 is 1.40 bits per heavy atom. The summed E-state index contributed by atoms with van der Waals surface area (Å²) in [6, 6.07) is 0. The van der Waals surface area contributed by atoms with Gasteiger partial charge < -0.3 is 10.6 Å². The van der Waals surface area contributed by atoms with Gasteiger partial charge >= 0.3 is 0 Å². The predicted molar refractivity (Wildman–Crippen MR) is 68.3 cm³/mol. The van der Waals surface area contributed by atoms with Crippen LogP contribution in [-0.2, 0) is 4.79 Å². The molecule has 1 atom stereocenters. The molecule has 0 saturated heterocycles. The zero-order valence-corrected chi connectivity index (χ0v) is 11.3. The van der Waals surface area contributed by atoms with E-state index in [1.807, 2.05) is 32.5 Å². The van der Waals surface area contributed by atoms with E-state index in [-0.39, 0.29) is 11.4 Å². The summed E-state index contributed by atoms with van der Waals surface area (Å²) in [4.78, 5) is 11.4. The van der Waals surface area contributed by atoms with Crippen molar-refractivity contribution in [2.24, 2.45) is 5.92 Å². The SMILES string of the molecule is CSCC(C)CNCC(=O)NC(C)(C)C. The molecule has 90 valence electrons. The molecule has 0 aliphatic carbocycles. The van der Waals surface area contributed by atoms with E-state index in [9.17, 15) is 4.79 Å². The van der Waals surface area contributed by atoms with E-state index in [1.165, 1.54) is 0 Å². The van der Waals surface area contributed by atoms with Gasteiger partial charge in [-0.15, -0.1) is 0 Å². The van der Waals surface area contributed by atoms with Crippen LogP contribution in [0.2, 0.25) is 0 Å². The molecule has 1 unspecified atom stereocenters. The van der Waals surface area contributed by atoms with Crippen molar-refractivity contribution < 1.29 is 4.79 Å². The van der Waals surface area contributed by atoms with Crippen molar-refractivity contribution in [2.45, 2.75) is 33.2 Å².